The van der Waals surface area contributed by atoms with Crippen molar-refractivity contribution in [2.45, 2.75) is 39.7 Å². The number of halogens is 1. The number of carbonyl (C=O) groups excluding carboxylic acids is 1. The molecule has 0 bridgehead atoms. The maximum atomic E-state index is 12.4. The van der Waals surface area contributed by atoms with E-state index in [1.54, 1.807) is 14.0 Å². The number of hydrogen-bond donors (Lipinski definition) is 1. The second-order valence-corrected chi connectivity index (χ2v) is 6.28. The topological polar surface area (TPSA) is 89.8 Å². The molecule has 0 aromatic carbocycles. The number of Topliss-reactive ketones (excluding diaryl/α,β-unsaturated/α-hetero) is 1. The Hall–Kier alpha value is -1.70. The summed E-state index contributed by atoms with van der Waals surface area (Å²) in [6.45, 7) is 3.80. The van der Waals surface area contributed by atoms with Gasteiger partial charge in [-0.15, -0.1) is 0 Å². The van der Waals surface area contributed by atoms with Crippen LogP contribution in [0, 0.1) is 5.92 Å². The predicted octanol–water partition coefficient (Wildman–Crippen LogP) is 1.58. The van der Waals surface area contributed by atoms with Crippen LogP contribution in [0.2, 0.25) is 0 Å². The smallest absolute Gasteiger partial charge is 0.327 e. The van der Waals surface area contributed by atoms with Crippen LogP contribution in [-0.2, 0) is 18.4 Å². The van der Waals surface area contributed by atoms with Gasteiger partial charge >= 0.3 is 5.69 Å². The molecule has 0 spiro atoms. The van der Waals surface area contributed by atoms with Crippen molar-refractivity contribution < 1.29 is 4.79 Å². The number of unbranched alkanes of at least 4 members (excludes halogenated alkanes) is 1. The van der Waals surface area contributed by atoms with Crippen LogP contribution in [0.15, 0.2) is 14.3 Å². The zero-order valence-corrected chi connectivity index (χ0v) is 14.4. The van der Waals surface area contributed by atoms with Crippen LogP contribution < -0.4 is 11.2 Å². The van der Waals surface area contributed by atoms with Gasteiger partial charge in [-0.2, -0.15) is 0 Å². The lowest BCUT2D eigenvalue weighted by Gasteiger charge is -2.09. The maximum Gasteiger partial charge on any atom is 0.332 e. The minimum absolute atomic E-state index is 0.0191. The first-order valence-electron chi connectivity index (χ1n) is 7.18. The Morgan fingerprint density at radius 2 is 2.05 bits per heavy atom. The summed E-state index contributed by atoms with van der Waals surface area (Å²) in [7, 11) is 1.59. The Balaban J connectivity index is 2.20. The quantitative estimate of drug-likeness (QED) is 0.617. The number of hydrogen-bond acceptors (Lipinski definition) is 4. The van der Waals surface area contributed by atoms with Crippen molar-refractivity contribution in [3.8, 4) is 0 Å². The summed E-state index contributed by atoms with van der Waals surface area (Å²) in [5, 5.41) is 0. The van der Waals surface area contributed by atoms with Gasteiger partial charge < -0.3 is 4.98 Å². The zero-order chi connectivity index (χ0) is 16.4. The van der Waals surface area contributed by atoms with Crippen molar-refractivity contribution in [1.29, 1.82) is 0 Å². The van der Waals surface area contributed by atoms with Crippen LogP contribution in [0.1, 0.15) is 33.1 Å². The van der Waals surface area contributed by atoms with Gasteiger partial charge in [-0.1, -0.05) is 13.3 Å². The molecule has 8 heteroatoms. The van der Waals surface area contributed by atoms with E-state index in [1.807, 2.05) is 6.92 Å². The summed E-state index contributed by atoms with van der Waals surface area (Å²) in [6.07, 6.45) is 2.23. The number of fused-ring (bicyclic) bond motifs is 1. The first kappa shape index (κ1) is 16.7. The van der Waals surface area contributed by atoms with Crippen molar-refractivity contribution >= 4 is 32.9 Å². The number of H-pyrrole nitrogens is 1. The van der Waals surface area contributed by atoms with Crippen LogP contribution in [0.25, 0.3) is 11.2 Å². The van der Waals surface area contributed by atoms with Gasteiger partial charge in [-0.3, -0.25) is 18.7 Å². The molecule has 0 amide bonds. The minimum atomic E-state index is -0.379. The highest BCUT2D eigenvalue weighted by atomic mass is 79.9. The highest BCUT2D eigenvalue weighted by Gasteiger charge is 2.14. The Kier molecular flexibility index (Phi) is 5.00. The fourth-order valence-electron chi connectivity index (χ4n) is 2.34. The van der Waals surface area contributed by atoms with Gasteiger partial charge in [-0.25, -0.2) is 9.78 Å². The van der Waals surface area contributed by atoms with E-state index in [2.05, 4.69) is 25.9 Å². The van der Waals surface area contributed by atoms with Gasteiger partial charge in [0.25, 0.3) is 5.56 Å². The molecule has 0 saturated heterocycles. The van der Waals surface area contributed by atoms with E-state index in [0.29, 0.717) is 28.9 Å². The van der Waals surface area contributed by atoms with Crippen molar-refractivity contribution in [2.24, 2.45) is 13.0 Å². The average Bonchev–Trinajstić information content (AvgIpc) is 2.86. The zero-order valence-electron chi connectivity index (χ0n) is 12.9. The number of rotatable bonds is 6. The number of ketones is 1. The molecule has 2 heterocycles. The SMILES string of the molecule is CC(=O)C(C)CCCCn1c(=O)c2[nH]c(Br)nc2n(C)c1=O. The molecule has 0 saturated carbocycles. The van der Waals surface area contributed by atoms with Gasteiger partial charge in [0.05, 0.1) is 0 Å². The van der Waals surface area contributed by atoms with E-state index in [4.69, 9.17) is 0 Å². The third-order valence-electron chi connectivity index (χ3n) is 3.91. The summed E-state index contributed by atoms with van der Waals surface area (Å²) >= 11 is 3.17. The van der Waals surface area contributed by atoms with E-state index >= 15 is 0 Å². The molecular weight excluding hydrogens is 352 g/mol. The molecule has 7 nitrogen and oxygen atoms in total. The van der Waals surface area contributed by atoms with Gasteiger partial charge in [0.1, 0.15) is 5.78 Å². The molecule has 2 aromatic rings. The van der Waals surface area contributed by atoms with Gasteiger partial charge in [0.15, 0.2) is 15.9 Å². The van der Waals surface area contributed by atoms with Crippen molar-refractivity contribution in [2.75, 3.05) is 0 Å². The fraction of sp³-hybridized carbons (Fsp3) is 0.571. The second kappa shape index (κ2) is 6.60. The van der Waals surface area contributed by atoms with E-state index in [1.165, 1.54) is 9.13 Å². The molecule has 0 aliphatic carbocycles. The van der Waals surface area contributed by atoms with E-state index < -0.39 is 0 Å². The van der Waals surface area contributed by atoms with Crippen molar-refractivity contribution in [1.82, 2.24) is 19.1 Å². The first-order chi connectivity index (χ1) is 10.3. The van der Waals surface area contributed by atoms with Crippen LogP contribution in [0.5, 0.6) is 0 Å². The number of nitrogens with zero attached hydrogens (tertiary/aromatic N) is 3. The first-order valence-corrected chi connectivity index (χ1v) is 7.97. The van der Waals surface area contributed by atoms with Gasteiger partial charge in [0, 0.05) is 19.5 Å². The molecule has 22 heavy (non-hydrogen) atoms. The summed E-state index contributed by atoms with van der Waals surface area (Å²) in [5.74, 6) is 0.183. The second-order valence-electron chi connectivity index (χ2n) is 5.53. The van der Waals surface area contributed by atoms with Crippen LogP contribution in [0.4, 0.5) is 0 Å². The lowest BCUT2D eigenvalue weighted by atomic mass is 10.0. The van der Waals surface area contributed by atoms with Crippen molar-refractivity contribution in [3.63, 3.8) is 0 Å². The van der Waals surface area contributed by atoms with Gasteiger partial charge in [0.2, 0.25) is 0 Å². The normalized spacial score (nSPS) is 12.7. The third-order valence-corrected chi connectivity index (χ3v) is 4.29. The Labute approximate surface area is 135 Å². The third kappa shape index (κ3) is 3.21. The van der Waals surface area contributed by atoms with E-state index in [-0.39, 0.29) is 23.0 Å². The highest BCUT2D eigenvalue weighted by Crippen LogP contribution is 2.11. The lowest BCUT2D eigenvalue weighted by molar-refractivity contribution is -0.120. The number of carbonyl (C=O) groups is 1. The van der Waals surface area contributed by atoms with Crippen LogP contribution in [-0.4, -0.2) is 24.9 Å². The molecule has 120 valence electrons. The lowest BCUT2D eigenvalue weighted by Crippen LogP contribution is -2.39. The molecule has 2 aromatic heterocycles. The Morgan fingerprint density at radius 3 is 2.68 bits per heavy atom. The number of aryl methyl sites for hydroxylation is 1. The summed E-state index contributed by atoms with van der Waals surface area (Å²) in [6, 6.07) is 0. The number of imidazole rings is 1. The standard InChI is InChI=1S/C14H19BrN4O3/c1-8(9(2)20)6-4-5-7-19-12(21)10-11(17-13(15)16-10)18(3)14(19)22/h8H,4-7H2,1-3H3,(H,16,17). The molecule has 1 atom stereocenters. The Bertz CT molecular complexity index is 818. The number of aromatic amines is 1. The summed E-state index contributed by atoms with van der Waals surface area (Å²) in [4.78, 5) is 42.7. The molecule has 1 N–H and O–H groups in total. The predicted molar refractivity (Wildman–Crippen MR) is 87.0 cm³/mol. The summed E-state index contributed by atoms with van der Waals surface area (Å²) < 4.78 is 2.99. The van der Waals surface area contributed by atoms with Crippen molar-refractivity contribution in [3.05, 3.63) is 25.6 Å². The maximum absolute atomic E-state index is 12.4. The van der Waals surface area contributed by atoms with Crippen LogP contribution in [0.3, 0.4) is 0 Å². The average molecular weight is 371 g/mol. The molecule has 0 aliphatic rings. The highest BCUT2D eigenvalue weighted by molar-refractivity contribution is 9.10. The summed E-state index contributed by atoms with van der Waals surface area (Å²) in [5.41, 5.74) is -0.0959. The largest absolute Gasteiger partial charge is 0.332 e. The van der Waals surface area contributed by atoms with E-state index in [0.717, 1.165) is 12.8 Å². The molecule has 1 unspecified atom stereocenters. The van der Waals surface area contributed by atoms with Gasteiger partial charge in [-0.05, 0) is 35.7 Å². The minimum Gasteiger partial charge on any atom is -0.327 e. The molecular formula is C14H19BrN4O3. The Morgan fingerprint density at radius 1 is 1.36 bits per heavy atom. The molecule has 0 fully saturated rings. The molecule has 0 aliphatic heterocycles. The number of nitrogens with one attached hydrogen (secondary N) is 1. The molecule has 0 radical (unpaired) electrons. The monoisotopic (exact) mass is 370 g/mol. The fourth-order valence-corrected chi connectivity index (χ4v) is 2.71. The van der Waals surface area contributed by atoms with Crippen LogP contribution >= 0.6 is 15.9 Å². The number of aromatic nitrogens is 4. The van der Waals surface area contributed by atoms with E-state index in [9.17, 15) is 14.4 Å². The molecule has 2 rings (SSSR count).